The summed E-state index contributed by atoms with van der Waals surface area (Å²) >= 11 is 0. The van der Waals surface area contributed by atoms with Crippen molar-refractivity contribution in [2.75, 3.05) is 26.2 Å². The summed E-state index contributed by atoms with van der Waals surface area (Å²) in [6, 6.07) is 9.73. The van der Waals surface area contributed by atoms with Crippen LogP contribution in [-0.4, -0.2) is 53.9 Å². The van der Waals surface area contributed by atoms with Gasteiger partial charge < -0.3 is 14.5 Å². The molecule has 0 spiro atoms. The molecule has 2 amide bonds. The Kier molecular flexibility index (Phi) is 7.25. The quantitative estimate of drug-likeness (QED) is 0.653. The summed E-state index contributed by atoms with van der Waals surface area (Å²) in [5, 5.41) is 0. The van der Waals surface area contributed by atoms with E-state index in [1.807, 2.05) is 44.2 Å². The Balaban J connectivity index is 1.66. The maximum Gasteiger partial charge on any atom is 0.245 e. The van der Waals surface area contributed by atoms with Crippen LogP contribution in [0.5, 0.6) is 0 Å². The van der Waals surface area contributed by atoms with Crippen molar-refractivity contribution in [1.29, 1.82) is 0 Å². The lowest BCUT2D eigenvalue weighted by Crippen LogP contribution is -2.59. The zero-order chi connectivity index (χ0) is 17.4. The number of carbonyl (C=O) groups excluding carboxylic acids is 2. The van der Waals surface area contributed by atoms with Gasteiger partial charge in [-0.1, -0.05) is 37.3 Å². The molecule has 1 aromatic rings. The molecule has 0 bridgehead atoms. The van der Waals surface area contributed by atoms with Gasteiger partial charge in [-0.2, -0.15) is 0 Å². The largest absolute Gasteiger partial charge is 0.377 e. The third-order valence-corrected chi connectivity index (χ3v) is 4.33. The van der Waals surface area contributed by atoms with E-state index in [9.17, 15) is 9.59 Å². The summed E-state index contributed by atoms with van der Waals surface area (Å²) in [6.07, 6.45) is 2.62. The van der Waals surface area contributed by atoms with E-state index in [2.05, 4.69) is 0 Å². The lowest BCUT2D eigenvalue weighted by molar-refractivity contribution is -0.155. The predicted octanol–water partition coefficient (Wildman–Crippen LogP) is 2.45. The molecule has 1 aliphatic heterocycles. The van der Waals surface area contributed by atoms with Crippen LogP contribution in [0.25, 0.3) is 0 Å². The van der Waals surface area contributed by atoms with Crippen molar-refractivity contribution >= 4 is 11.8 Å². The number of ether oxygens (including phenoxy) is 1. The summed E-state index contributed by atoms with van der Waals surface area (Å²) in [5.74, 6) is 0.123. The highest BCUT2D eigenvalue weighted by Gasteiger charge is 2.35. The van der Waals surface area contributed by atoms with Crippen LogP contribution in [0.1, 0.15) is 38.7 Å². The molecule has 1 heterocycles. The zero-order valence-corrected chi connectivity index (χ0v) is 14.7. The lowest BCUT2D eigenvalue weighted by Gasteiger charge is -2.38. The van der Waals surface area contributed by atoms with E-state index >= 15 is 0 Å². The molecule has 1 atom stereocenters. The smallest absolute Gasteiger partial charge is 0.245 e. The van der Waals surface area contributed by atoms with Gasteiger partial charge in [-0.05, 0) is 31.7 Å². The van der Waals surface area contributed by atoms with Crippen molar-refractivity contribution in [3.63, 3.8) is 0 Å². The van der Waals surface area contributed by atoms with E-state index in [1.54, 1.807) is 9.80 Å². The molecule has 0 unspecified atom stereocenters. The first-order chi connectivity index (χ1) is 11.6. The zero-order valence-electron chi connectivity index (χ0n) is 14.7. The van der Waals surface area contributed by atoms with Crippen LogP contribution in [0.4, 0.5) is 0 Å². The second kappa shape index (κ2) is 9.42. The number of hydrogen-bond acceptors (Lipinski definition) is 3. The molecular formula is C19H28N2O3. The lowest BCUT2D eigenvalue weighted by atomic mass is 10.1. The number of carbonyl (C=O) groups is 2. The van der Waals surface area contributed by atoms with Crippen LogP contribution >= 0.6 is 0 Å². The number of amides is 2. The molecule has 1 saturated heterocycles. The maximum atomic E-state index is 12.3. The molecule has 1 aliphatic rings. The van der Waals surface area contributed by atoms with Gasteiger partial charge in [0.1, 0.15) is 6.04 Å². The minimum Gasteiger partial charge on any atom is -0.377 e. The second-order valence-electron chi connectivity index (χ2n) is 6.27. The number of rotatable bonds is 9. The first-order valence-electron chi connectivity index (χ1n) is 8.83. The van der Waals surface area contributed by atoms with Crippen LogP contribution in [0.3, 0.4) is 0 Å². The molecule has 5 nitrogen and oxygen atoms in total. The van der Waals surface area contributed by atoms with E-state index in [-0.39, 0.29) is 24.4 Å². The maximum absolute atomic E-state index is 12.3. The van der Waals surface area contributed by atoms with E-state index in [0.717, 1.165) is 19.3 Å². The Morgan fingerprint density at radius 1 is 1.12 bits per heavy atom. The third-order valence-electron chi connectivity index (χ3n) is 4.33. The van der Waals surface area contributed by atoms with Gasteiger partial charge in [0.2, 0.25) is 11.8 Å². The third kappa shape index (κ3) is 5.06. The Labute approximate surface area is 144 Å². The minimum atomic E-state index is -0.344. The van der Waals surface area contributed by atoms with Crippen molar-refractivity contribution < 1.29 is 14.3 Å². The second-order valence-corrected chi connectivity index (χ2v) is 6.27. The molecule has 1 fully saturated rings. The molecule has 0 N–H and O–H groups in total. The van der Waals surface area contributed by atoms with E-state index in [0.29, 0.717) is 26.3 Å². The fourth-order valence-electron chi connectivity index (χ4n) is 2.97. The van der Waals surface area contributed by atoms with Crippen LogP contribution in [0, 0.1) is 0 Å². The van der Waals surface area contributed by atoms with Crippen LogP contribution in [-0.2, 0) is 20.9 Å². The number of piperazine rings is 1. The van der Waals surface area contributed by atoms with Gasteiger partial charge in [0.05, 0.1) is 13.2 Å². The number of unbranched alkanes of at least 4 members (excludes halogenated alkanes) is 1. The SMILES string of the molecule is CCCN1CC(=O)N(CCCCOCc2ccccc2)[C@H](C)C1=O. The molecule has 0 saturated carbocycles. The first kappa shape index (κ1) is 18.5. The summed E-state index contributed by atoms with van der Waals surface area (Å²) in [5.41, 5.74) is 1.17. The van der Waals surface area contributed by atoms with Crippen LogP contribution in [0.2, 0.25) is 0 Å². The average molecular weight is 332 g/mol. The summed E-state index contributed by atoms with van der Waals surface area (Å²) in [6.45, 7) is 6.64. The fraction of sp³-hybridized carbons (Fsp3) is 0.579. The number of hydrogen-bond donors (Lipinski definition) is 0. The summed E-state index contributed by atoms with van der Waals surface area (Å²) in [7, 11) is 0. The molecule has 0 aliphatic carbocycles. The molecule has 132 valence electrons. The number of benzene rings is 1. The Bertz CT molecular complexity index is 533. The standard InChI is InChI=1S/C19H28N2O3/c1-3-11-20-14-18(22)21(16(2)19(20)23)12-7-8-13-24-15-17-9-5-4-6-10-17/h4-6,9-10,16H,3,7-8,11-15H2,1-2H3/t16-/m1/s1. The first-order valence-corrected chi connectivity index (χ1v) is 8.83. The van der Waals surface area contributed by atoms with Crippen molar-refractivity contribution in [3.05, 3.63) is 35.9 Å². The van der Waals surface area contributed by atoms with Crippen LogP contribution < -0.4 is 0 Å². The Morgan fingerprint density at radius 2 is 1.88 bits per heavy atom. The highest BCUT2D eigenvalue weighted by molar-refractivity contribution is 5.94. The average Bonchev–Trinajstić information content (AvgIpc) is 2.59. The van der Waals surface area contributed by atoms with Crippen LogP contribution in [0.15, 0.2) is 30.3 Å². The van der Waals surface area contributed by atoms with Gasteiger partial charge in [-0.15, -0.1) is 0 Å². The molecular weight excluding hydrogens is 304 g/mol. The molecule has 0 radical (unpaired) electrons. The van der Waals surface area contributed by atoms with Crippen molar-refractivity contribution in [2.45, 2.75) is 45.8 Å². The monoisotopic (exact) mass is 332 g/mol. The molecule has 24 heavy (non-hydrogen) atoms. The summed E-state index contributed by atoms with van der Waals surface area (Å²) in [4.78, 5) is 27.9. The molecule has 1 aromatic carbocycles. The van der Waals surface area contributed by atoms with Gasteiger partial charge in [-0.25, -0.2) is 0 Å². The minimum absolute atomic E-state index is 0.0563. The van der Waals surface area contributed by atoms with E-state index in [1.165, 1.54) is 5.56 Å². The van der Waals surface area contributed by atoms with E-state index in [4.69, 9.17) is 4.74 Å². The van der Waals surface area contributed by atoms with Crippen molar-refractivity contribution in [2.24, 2.45) is 0 Å². The topological polar surface area (TPSA) is 49.9 Å². The number of nitrogens with zero attached hydrogens (tertiary/aromatic N) is 2. The molecule has 2 rings (SSSR count). The van der Waals surface area contributed by atoms with Crippen molar-refractivity contribution in [1.82, 2.24) is 9.80 Å². The van der Waals surface area contributed by atoms with E-state index < -0.39 is 0 Å². The predicted molar refractivity (Wildman–Crippen MR) is 93.4 cm³/mol. The van der Waals surface area contributed by atoms with Gasteiger partial charge >= 0.3 is 0 Å². The normalized spacial score (nSPS) is 18.3. The van der Waals surface area contributed by atoms with Gasteiger partial charge in [0.15, 0.2) is 0 Å². The van der Waals surface area contributed by atoms with Crippen molar-refractivity contribution in [3.8, 4) is 0 Å². The molecule has 5 heteroatoms. The Hall–Kier alpha value is -1.88. The summed E-state index contributed by atoms with van der Waals surface area (Å²) < 4.78 is 5.65. The van der Waals surface area contributed by atoms with Gasteiger partial charge in [0, 0.05) is 19.7 Å². The van der Waals surface area contributed by atoms with Gasteiger partial charge in [0.25, 0.3) is 0 Å². The molecule has 0 aromatic heterocycles. The Morgan fingerprint density at radius 3 is 2.58 bits per heavy atom. The van der Waals surface area contributed by atoms with Gasteiger partial charge in [-0.3, -0.25) is 9.59 Å². The fourth-order valence-corrected chi connectivity index (χ4v) is 2.97. The highest BCUT2D eigenvalue weighted by atomic mass is 16.5. The highest BCUT2D eigenvalue weighted by Crippen LogP contribution is 2.14.